The van der Waals surface area contributed by atoms with Crippen LogP contribution in [0, 0.1) is 5.92 Å². The first-order valence-electron chi connectivity index (χ1n) is 10.5. The van der Waals surface area contributed by atoms with E-state index in [9.17, 15) is 13.2 Å². The molecule has 5 rings (SSSR count). The third-order valence-electron chi connectivity index (χ3n) is 6.24. The molecule has 30 heavy (non-hydrogen) atoms. The minimum absolute atomic E-state index is 0.0486. The van der Waals surface area contributed by atoms with Gasteiger partial charge < -0.3 is 0 Å². The Labute approximate surface area is 175 Å². The van der Waals surface area contributed by atoms with E-state index in [1.54, 1.807) is 39.4 Å². The number of sulfonamides is 1. The van der Waals surface area contributed by atoms with Crippen LogP contribution in [-0.4, -0.2) is 40.6 Å². The molecular formula is C22H24N4O3S. The summed E-state index contributed by atoms with van der Waals surface area (Å²) < 4.78 is 29.7. The molecule has 0 saturated carbocycles. The molecule has 156 valence electrons. The van der Waals surface area contributed by atoms with E-state index in [-0.39, 0.29) is 16.4 Å². The van der Waals surface area contributed by atoms with E-state index in [2.05, 4.69) is 10.1 Å². The lowest BCUT2D eigenvalue weighted by Gasteiger charge is -2.31. The molecule has 0 bridgehead atoms. The van der Waals surface area contributed by atoms with Gasteiger partial charge >= 0.3 is 0 Å². The minimum Gasteiger partial charge on any atom is -0.268 e. The molecule has 3 aromatic rings. The molecule has 0 amide bonds. The van der Waals surface area contributed by atoms with Gasteiger partial charge in [0.05, 0.1) is 11.2 Å². The van der Waals surface area contributed by atoms with E-state index in [0.717, 1.165) is 35.9 Å². The van der Waals surface area contributed by atoms with Gasteiger partial charge in [0.1, 0.15) is 4.90 Å². The maximum Gasteiger partial charge on any atom is 0.267 e. The number of aryl methyl sites for hydroxylation is 2. The number of hydrogen-bond donors (Lipinski definition) is 0. The summed E-state index contributed by atoms with van der Waals surface area (Å²) in [6.07, 6.45) is 5.98. The predicted molar refractivity (Wildman–Crippen MR) is 114 cm³/mol. The molecule has 1 aliphatic carbocycles. The highest BCUT2D eigenvalue weighted by atomic mass is 32.2. The van der Waals surface area contributed by atoms with Gasteiger partial charge in [-0.15, -0.1) is 0 Å². The van der Waals surface area contributed by atoms with Crippen molar-refractivity contribution in [2.24, 2.45) is 5.92 Å². The largest absolute Gasteiger partial charge is 0.268 e. The molecule has 0 atom stereocenters. The van der Waals surface area contributed by atoms with Crippen LogP contribution in [0.3, 0.4) is 0 Å². The molecule has 0 radical (unpaired) electrons. The second-order valence-corrected chi connectivity index (χ2v) is 10.1. The maximum absolute atomic E-state index is 13.3. The predicted octanol–water partition coefficient (Wildman–Crippen LogP) is 2.38. The second kappa shape index (κ2) is 7.59. The van der Waals surface area contributed by atoms with Crippen LogP contribution >= 0.6 is 0 Å². The Kier molecular flexibility index (Phi) is 4.91. The van der Waals surface area contributed by atoms with Gasteiger partial charge in [0.25, 0.3) is 5.56 Å². The van der Waals surface area contributed by atoms with Gasteiger partial charge in [-0.05, 0) is 55.7 Å². The standard InChI is InChI=1S/C22H24N4O3S/c27-21-14-18-5-1-7-19(18)24-26(21)15-16-9-12-25(13-10-16)30(28,29)20-8-2-4-17-6-3-11-23-22(17)20/h2-4,6,8,11,14,16H,1,5,7,9-10,12-13,15H2. The van der Waals surface area contributed by atoms with Crippen molar-refractivity contribution in [1.82, 2.24) is 19.1 Å². The van der Waals surface area contributed by atoms with Crippen molar-refractivity contribution >= 4 is 20.9 Å². The molecule has 1 aliphatic heterocycles. The number of para-hydroxylation sites is 1. The molecule has 2 aliphatic rings. The number of pyridine rings is 1. The molecule has 0 unspecified atom stereocenters. The summed E-state index contributed by atoms with van der Waals surface area (Å²) in [5.74, 6) is 0.242. The zero-order valence-electron chi connectivity index (χ0n) is 16.7. The van der Waals surface area contributed by atoms with Crippen LogP contribution in [0.25, 0.3) is 10.9 Å². The van der Waals surface area contributed by atoms with Gasteiger partial charge in [-0.25, -0.2) is 13.1 Å². The van der Waals surface area contributed by atoms with Crippen LogP contribution in [0.2, 0.25) is 0 Å². The minimum atomic E-state index is -3.61. The van der Waals surface area contributed by atoms with Crippen molar-refractivity contribution in [2.75, 3.05) is 13.1 Å². The Morgan fingerprint density at radius 3 is 2.70 bits per heavy atom. The van der Waals surface area contributed by atoms with Gasteiger partial charge in [0.15, 0.2) is 0 Å². The Morgan fingerprint density at radius 1 is 1.07 bits per heavy atom. The Morgan fingerprint density at radius 2 is 1.87 bits per heavy atom. The number of hydrogen-bond acceptors (Lipinski definition) is 5. The summed E-state index contributed by atoms with van der Waals surface area (Å²) in [5, 5.41) is 5.38. The molecule has 2 aromatic heterocycles. The van der Waals surface area contributed by atoms with Gasteiger partial charge in [-0.2, -0.15) is 9.40 Å². The number of nitrogens with zero attached hydrogens (tertiary/aromatic N) is 4. The van der Waals surface area contributed by atoms with Gasteiger partial charge in [0, 0.05) is 37.3 Å². The normalized spacial score (nSPS) is 18.0. The van der Waals surface area contributed by atoms with Crippen LogP contribution < -0.4 is 5.56 Å². The van der Waals surface area contributed by atoms with Gasteiger partial charge in [-0.3, -0.25) is 9.78 Å². The number of aromatic nitrogens is 3. The van der Waals surface area contributed by atoms with Crippen molar-refractivity contribution in [1.29, 1.82) is 0 Å². The number of fused-ring (bicyclic) bond motifs is 2. The lowest BCUT2D eigenvalue weighted by Crippen LogP contribution is -2.40. The number of rotatable bonds is 4. The topological polar surface area (TPSA) is 85.2 Å². The summed E-state index contributed by atoms with van der Waals surface area (Å²) >= 11 is 0. The van der Waals surface area contributed by atoms with E-state index in [4.69, 9.17) is 0 Å². The lowest BCUT2D eigenvalue weighted by atomic mass is 9.98. The van der Waals surface area contributed by atoms with Crippen molar-refractivity contribution in [3.05, 3.63) is 64.2 Å². The second-order valence-electron chi connectivity index (χ2n) is 8.17. The fourth-order valence-corrected chi connectivity index (χ4v) is 6.21. The summed E-state index contributed by atoms with van der Waals surface area (Å²) in [6, 6.07) is 10.7. The van der Waals surface area contributed by atoms with Crippen LogP contribution in [0.15, 0.2) is 52.3 Å². The van der Waals surface area contributed by atoms with Crippen molar-refractivity contribution < 1.29 is 8.42 Å². The molecular weight excluding hydrogens is 400 g/mol. The lowest BCUT2D eigenvalue weighted by molar-refractivity contribution is 0.244. The molecule has 3 heterocycles. The summed E-state index contributed by atoms with van der Waals surface area (Å²) in [7, 11) is -3.61. The summed E-state index contributed by atoms with van der Waals surface area (Å²) in [4.78, 5) is 16.9. The van der Waals surface area contributed by atoms with Crippen LogP contribution in [-0.2, 0) is 29.4 Å². The van der Waals surface area contributed by atoms with Crippen molar-refractivity contribution in [3.8, 4) is 0 Å². The highest BCUT2D eigenvalue weighted by molar-refractivity contribution is 7.89. The first-order valence-corrected chi connectivity index (χ1v) is 11.9. The van der Waals surface area contributed by atoms with Crippen molar-refractivity contribution in [3.63, 3.8) is 0 Å². The molecule has 0 spiro atoms. The van der Waals surface area contributed by atoms with E-state index in [0.29, 0.717) is 38.0 Å². The van der Waals surface area contributed by atoms with Gasteiger partial charge in [-0.1, -0.05) is 18.2 Å². The molecule has 7 nitrogen and oxygen atoms in total. The highest BCUT2D eigenvalue weighted by Crippen LogP contribution is 2.28. The van der Waals surface area contributed by atoms with Crippen LogP contribution in [0.5, 0.6) is 0 Å². The number of piperidine rings is 1. The van der Waals surface area contributed by atoms with Crippen molar-refractivity contribution in [2.45, 2.75) is 43.5 Å². The third kappa shape index (κ3) is 3.44. The monoisotopic (exact) mass is 424 g/mol. The van der Waals surface area contributed by atoms with Gasteiger partial charge in [0.2, 0.25) is 10.0 Å². The first kappa shape index (κ1) is 19.4. The van der Waals surface area contributed by atoms with E-state index in [1.165, 1.54) is 0 Å². The fraction of sp³-hybridized carbons (Fsp3) is 0.409. The first-order chi connectivity index (χ1) is 14.5. The van der Waals surface area contributed by atoms with E-state index < -0.39 is 10.0 Å². The average molecular weight is 425 g/mol. The Balaban J connectivity index is 1.32. The van der Waals surface area contributed by atoms with Crippen LogP contribution in [0.4, 0.5) is 0 Å². The van der Waals surface area contributed by atoms with E-state index >= 15 is 0 Å². The highest BCUT2D eigenvalue weighted by Gasteiger charge is 2.31. The SMILES string of the molecule is O=c1cc2c(nn1CC1CCN(S(=O)(=O)c3cccc4cccnc34)CC1)CCC2. The average Bonchev–Trinajstić information content (AvgIpc) is 3.21. The van der Waals surface area contributed by atoms with E-state index in [1.807, 2.05) is 12.1 Å². The Hall–Kier alpha value is -2.58. The zero-order valence-corrected chi connectivity index (χ0v) is 17.5. The summed E-state index contributed by atoms with van der Waals surface area (Å²) in [5.41, 5.74) is 2.59. The third-order valence-corrected chi connectivity index (χ3v) is 8.17. The quantitative estimate of drug-likeness (QED) is 0.642. The molecule has 1 aromatic carbocycles. The maximum atomic E-state index is 13.3. The Bertz CT molecular complexity index is 1260. The van der Waals surface area contributed by atoms with Crippen LogP contribution in [0.1, 0.15) is 30.5 Å². The zero-order chi connectivity index (χ0) is 20.7. The molecule has 1 saturated heterocycles. The molecule has 1 fully saturated rings. The summed E-state index contributed by atoms with van der Waals surface area (Å²) in [6.45, 7) is 1.43. The smallest absolute Gasteiger partial charge is 0.267 e. The fourth-order valence-electron chi connectivity index (χ4n) is 4.57. The number of benzene rings is 1. The molecule has 0 N–H and O–H groups in total. The molecule has 8 heteroatoms.